The van der Waals surface area contributed by atoms with E-state index in [1.807, 2.05) is 35.7 Å². The third-order valence-electron chi connectivity index (χ3n) is 4.68. The SMILES string of the molecule is CCOC(=O)c1c(-c2ccccc2)csc1N[C@H](NC(=O)c1ccco1)C(=O)c1cccs1. The van der Waals surface area contributed by atoms with Crippen LogP contribution >= 0.6 is 22.7 Å². The number of rotatable bonds is 9. The summed E-state index contributed by atoms with van der Waals surface area (Å²) in [5, 5.41) is 9.75. The molecule has 1 atom stereocenters. The number of ether oxygens (including phenoxy) is 1. The predicted octanol–water partition coefficient (Wildman–Crippen LogP) is 5.30. The zero-order valence-corrected chi connectivity index (χ0v) is 19.2. The van der Waals surface area contributed by atoms with Crippen LogP contribution in [0.15, 0.2) is 76.0 Å². The van der Waals surface area contributed by atoms with Gasteiger partial charge in [0.2, 0.25) is 5.78 Å². The van der Waals surface area contributed by atoms with Crippen molar-refractivity contribution in [1.82, 2.24) is 5.32 Å². The molecular weight excluding hydrogens is 460 g/mol. The number of esters is 1. The fourth-order valence-electron chi connectivity index (χ4n) is 3.17. The molecule has 33 heavy (non-hydrogen) atoms. The Morgan fingerprint density at radius 1 is 1.03 bits per heavy atom. The van der Waals surface area contributed by atoms with E-state index in [2.05, 4.69) is 10.6 Å². The van der Waals surface area contributed by atoms with Crippen LogP contribution in [0.4, 0.5) is 5.00 Å². The second-order valence-electron chi connectivity index (χ2n) is 6.81. The molecule has 0 fully saturated rings. The van der Waals surface area contributed by atoms with E-state index in [-0.39, 0.29) is 18.2 Å². The van der Waals surface area contributed by atoms with Crippen LogP contribution in [0.5, 0.6) is 0 Å². The molecule has 1 amide bonds. The average molecular weight is 481 g/mol. The lowest BCUT2D eigenvalue weighted by Crippen LogP contribution is -2.46. The lowest BCUT2D eigenvalue weighted by Gasteiger charge is -2.19. The molecule has 0 saturated heterocycles. The highest BCUT2D eigenvalue weighted by molar-refractivity contribution is 7.15. The largest absolute Gasteiger partial charge is 0.462 e. The summed E-state index contributed by atoms with van der Waals surface area (Å²) in [6, 6.07) is 15.9. The molecule has 2 N–H and O–H groups in total. The van der Waals surface area contributed by atoms with Crippen molar-refractivity contribution in [3.05, 3.63) is 87.8 Å². The summed E-state index contributed by atoms with van der Waals surface area (Å²) in [6.07, 6.45) is 0.250. The van der Waals surface area contributed by atoms with Crippen molar-refractivity contribution in [2.24, 2.45) is 0 Å². The number of hydrogen-bond donors (Lipinski definition) is 2. The van der Waals surface area contributed by atoms with Crippen molar-refractivity contribution in [2.45, 2.75) is 13.1 Å². The number of thiophene rings is 2. The zero-order chi connectivity index (χ0) is 23.2. The van der Waals surface area contributed by atoms with Gasteiger partial charge in [-0.3, -0.25) is 9.59 Å². The third kappa shape index (κ3) is 5.05. The molecule has 3 aromatic heterocycles. The van der Waals surface area contributed by atoms with Gasteiger partial charge in [0.15, 0.2) is 11.9 Å². The van der Waals surface area contributed by atoms with Crippen LogP contribution in [0.25, 0.3) is 11.1 Å². The summed E-state index contributed by atoms with van der Waals surface area (Å²) >= 11 is 2.52. The minimum Gasteiger partial charge on any atom is -0.462 e. The minimum atomic E-state index is -1.13. The smallest absolute Gasteiger partial charge is 0.341 e. The fraction of sp³-hybridized carbons (Fsp3) is 0.125. The van der Waals surface area contributed by atoms with Crippen molar-refractivity contribution in [2.75, 3.05) is 11.9 Å². The Morgan fingerprint density at radius 3 is 2.52 bits per heavy atom. The van der Waals surface area contributed by atoms with Crippen LogP contribution in [0.1, 0.15) is 37.5 Å². The van der Waals surface area contributed by atoms with Crippen molar-refractivity contribution >= 4 is 45.3 Å². The lowest BCUT2D eigenvalue weighted by molar-refractivity contribution is 0.0528. The Kier molecular flexibility index (Phi) is 7.01. The van der Waals surface area contributed by atoms with Crippen LogP contribution < -0.4 is 10.6 Å². The van der Waals surface area contributed by atoms with Gasteiger partial charge in [-0.15, -0.1) is 22.7 Å². The number of hydrogen-bond acceptors (Lipinski definition) is 8. The monoisotopic (exact) mass is 480 g/mol. The van der Waals surface area contributed by atoms with E-state index in [1.165, 1.54) is 35.0 Å². The Balaban J connectivity index is 1.70. The number of furan rings is 1. The first-order valence-corrected chi connectivity index (χ1v) is 11.9. The number of carbonyl (C=O) groups excluding carboxylic acids is 3. The molecule has 3 heterocycles. The number of amides is 1. The van der Waals surface area contributed by atoms with Crippen molar-refractivity contribution in [3.63, 3.8) is 0 Å². The Bertz CT molecular complexity index is 1230. The molecule has 0 aliphatic heterocycles. The zero-order valence-electron chi connectivity index (χ0n) is 17.6. The number of carbonyl (C=O) groups is 3. The molecule has 9 heteroatoms. The standard InChI is InChI=1S/C24H20N2O5S2/c1-2-30-24(29)19-16(15-8-4-3-5-9-15)14-33-23(19)26-21(20(27)18-11-7-13-32-18)25-22(28)17-10-6-12-31-17/h3-14,21,26H,2H2,1H3,(H,25,28)/t21-/m0/s1. The fourth-order valence-corrected chi connectivity index (χ4v) is 4.85. The summed E-state index contributed by atoms with van der Waals surface area (Å²) in [5.41, 5.74) is 1.83. The van der Waals surface area contributed by atoms with Gasteiger partial charge in [0.25, 0.3) is 5.91 Å². The predicted molar refractivity (Wildman–Crippen MR) is 128 cm³/mol. The van der Waals surface area contributed by atoms with Gasteiger partial charge in [0.05, 0.1) is 17.7 Å². The molecule has 0 aliphatic carbocycles. The van der Waals surface area contributed by atoms with Gasteiger partial charge in [-0.25, -0.2) is 4.79 Å². The van der Waals surface area contributed by atoms with Gasteiger partial charge in [-0.2, -0.15) is 0 Å². The van der Waals surface area contributed by atoms with Crippen LogP contribution in [0, 0.1) is 0 Å². The molecule has 0 saturated carbocycles. The normalized spacial score (nSPS) is 11.5. The van der Waals surface area contributed by atoms with E-state index >= 15 is 0 Å². The summed E-state index contributed by atoms with van der Waals surface area (Å²) < 4.78 is 10.4. The molecule has 0 radical (unpaired) electrons. The summed E-state index contributed by atoms with van der Waals surface area (Å²) in [7, 11) is 0. The Morgan fingerprint density at radius 2 is 1.85 bits per heavy atom. The molecule has 7 nitrogen and oxygen atoms in total. The maximum Gasteiger partial charge on any atom is 0.341 e. The number of anilines is 1. The minimum absolute atomic E-state index is 0.0718. The van der Waals surface area contributed by atoms with E-state index < -0.39 is 18.0 Å². The molecule has 0 aliphatic rings. The van der Waals surface area contributed by atoms with E-state index in [1.54, 1.807) is 30.5 Å². The molecule has 4 rings (SSSR count). The van der Waals surface area contributed by atoms with Crippen molar-refractivity contribution in [3.8, 4) is 11.1 Å². The topological polar surface area (TPSA) is 97.6 Å². The summed E-state index contributed by atoms with van der Waals surface area (Å²) in [6.45, 7) is 1.93. The van der Waals surface area contributed by atoms with E-state index in [0.29, 0.717) is 21.0 Å². The highest BCUT2D eigenvalue weighted by Crippen LogP contribution is 2.36. The van der Waals surface area contributed by atoms with Crippen LogP contribution in [-0.2, 0) is 4.74 Å². The van der Waals surface area contributed by atoms with Gasteiger partial charge >= 0.3 is 5.97 Å². The number of benzene rings is 1. The average Bonchev–Trinajstić information content (AvgIpc) is 3.61. The third-order valence-corrected chi connectivity index (χ3v) is 6.47. The molecule has 0 unspecified atom stereocenters. The van der Waals surface area contributed by atoms with E-state index in [4.69, 9.17) is 9.15 Å². The van der Waals surface area contributed by atoms with Gasteiger partial charge in [-0.05, 0) is 36.1 Å². The van der Waals surface area contributed by atoms with Gasteiger partial charge < -0.3 is 19.8 Å². The lowest BCUT2D eigenvalue weighted by atomic mass is 10.0. The van der Waals surface area contributed by atoms with Gasteiger partial charge in [-0.1, -0.05) is 36.4 Å². The molecule has 0 spiro atoms. The van der Waals surface area contributed by atoms with Gasteiger partial charge in [0, 0.05) is 10.9 Å². The van der Waals surface area contributed by atoms with Crippen LogP contribution in [0.2, 0.25) is 0 Å². The maximum absolute atomic E-state index is 13.2. The number of nitrogens with one attached hydrogen (secondary N) is 2. The summed E-state index contributed by atoms with van der Waals surface area (Å²) in [4.78, 5) is 39.2. The van der Waals surface area contributed by atoms with E-state index in [9.17, 15) is 14.4 Å². The number of Topliss-reactive ketones (excluding diaryl/α,β-unsaturated/α-hetero) is 1. The van der Waals surface area contributed by atoms with Crippen molar-refractivity contribution in [1.29, 1.82) is 0 Å². The quantitative estimate of drug-likeness (QED) is 0.192. The van der Waals surface area contributed by atoms with Crippen LogP contribution in [0.3, 0.4) is 0 Å². The molecule has 168 valence electrons. The first-order chi connectivity index (χ1) is 16.1. The van der Waals surface area contributed by atoms with Gasteiger partial charge in [0.1, 0.15) is 10.6 Å². The Labute approximate surface area is 198 Å². The second kappa shape index (κ2) is 10.3. The van der Waals surface area contributed by atoms with E-state index in [0.717, 1.165) is 5.56 Å². The highest BCUT2D eigenvalue weighted by Gasteiger charge is 2.28. The number of ketones is 1. The highest BCUT2D eigenvalue weighted by atomic mass is 32.1. The molecule has 0 bridgehead atoms. The maximum atomic E-state index is 13.2. The molecule has 1 aromatic carbocycles. The Hall–Kier alpha value is -3.69. The molecular formula is C24H20N2O5S2. The molecule has 4 aromatic rings. The summed E-state index contributed by atoms with van der Waals surface area (Å²) in [5.74, 6) is -1.34. The first-order valence-electron chi connectivity index (χ1n) is 10.1. The van der Waals surface area contributed by atoms with Crippen LogP contribution in [-0.4, -0.2) is 30.4 Å². The van der Waals surface area contributed by atoms with Crippen molar-refractivity contribution < 1.29 is 23.5 Å². The second-order valence-corrected chi connectivity index (χ2v) is 8.64. The first kappa shape index (κ1) is 22.5.